The SMILES string of the molecule is CCCCCC=CCC=CCC=CCC=CCCCC(=O)OCC(COC(=O)CCCCCCCCCCCCCCC)OC(=O)CCCC=CCC=CCC=CCC=CCCCCC. The Bertz CT molecular complexity index is 1310. The lowest BCUT2D eigenvalue weighted by atomic mass is 10.0. The lowest BCUT2D eigenvalue weighted by Gasteiger charge is -2.18. The number of hydrogen-bond donors (Lipinski definition) is 0. The van der Waals surface area contributed by atoms with Gasteiger partial charge >= 0.3 is 17.9 Å². The summed E-state index contributed by atoms with van der Waals surface area (Å²) in [6.45, 7) is 6.48. The fourth-order valence-electron chi connectivity index (χ4n) is 7.01. The molecule has 0 saturated carbocycles. The zero-order chi connectivity index (χ0) is 47.2. The van der Waals surface area contributed by atoms with E-state index in [0.717, 1.165) is 70.6 Å². The molecule has 0 aromatic heterocycles. The number of carbonyl (C=O) groups excluding carboxylic acids is 3. The van der Waals surface area contributed by atoms with Crippen molar-refractivity contribution in [2.45, 2.75) is 245 Å². The number of allylic oxidation sites excluding steroid dienone is 16. The van der Waals surface area contributed by atoms with E-state index in [1.165, 1.54) is 116 Å². The molecule has 370 valence electrons. The number of carbonyl (C=O) groups is 3. The summed E-state index contributed by atoms with van der Waals surface area (Å²) in [5, 5.41) is 0. The van der Waals surface area contributed by atoms with Crippen LogP contribution in [-0.4, -0.2) is 37.2 Å². The molecule has 0 spiro atoms. The molecule has 1 atom stereocenters. The summed E-state index contributed by atoms with van der Waals surface area (Å²) in [7, 11) is 0. The summed E-state index contributed by atoms with van der Waals surface area (Å²) < 4.78 is 16.7. The van der Waals surface area contributed by atoms with Gasteiger partial charge in [0.1, 0.15) is 13.2 Å². The van der Waals surface area contributed by atoms with Crippen molar-refractivity contribution in [3.05, 3.63) is 97.2 Å². The Morgan fingerprint density at radius 1 is 0.308 bits per heavy atom. The largest absolute Gasteiger partial charge is 0.462 e. The topological polar surface area (TPSA) is 78.9 Å². The molecule has 0 amide bonds. The summed E-state index contributed by atoms with van der Waals surface area (Å²) >= 11 is 0. The van der Waals surface area contributed by atoms with Gasteiger partial charge in [-0.1, -0.05) is 221 Å². The molecule has 0 heterocycles. The van der Waals surface area contributed by atoms with E-state index < -0.39 is 6.10 Å². The molecule has 6 heteroatoms. The van der Waals surface area contributed by atoms with Crippen LogP contribution in [0.25, 0.3) is 0 Å². The van der Waals surface area contributed by atoms with Gasteiger partial charge in [-0.05, 0) is 96.3 Å². The molecule has 0 aliphatic carbocycles. The minimum absolute atomic E-state index is 0.115. The van der Waals surface area contributed by atoms with Crippen LogP contribution in [0.1, 0.15) is 239 Å². The molecule has 0 bridgehead atoms. The number of rotatable bonds is 47. The van der Waals surface area contributed by atoms with E-state index in [1.807, 2.05) is 0 Å². The van der Waals surface area contributed by atoms with E-state index in [2.05, 4.69) is 118 Å². The third-order valence-electron chi connectivity index (χ3n) is 11.1. The van der Waals surface area contributed by atoms with Crippen molar-refractivity contribution in [1.82, 2.24) is 0 Å². The smallest absolute Gasteiger partial charge is 0.306 e. The van der Waals surface area contributed by atoms with Crippen molar-refractivity contribution in [2.75, 3.05) is 13.2 Å². The zero-order valence-electron chi connectivity index (χ0n) is 42.2. The number of esters is 3. The molecular formula is C59H98O6. The van der Waals surface area contributed by atoms with Crippen molar-refractivity contribution >= 4 is 17.9 Å². The second-order valence-corrected chi connectivity index (χ2v) is 17.4. The third-order valence-corrected chi connectivity index (χ3v) is 11.1. The summed E-state index contributed by atoms with van der Waals surface area (Å²) in [5.41, 5.74) is 0. The Kier molecular flexibility index (Phi) is 50.0. The van der Waals surface area contributed by atoms with Gasteiger partial charge in [-0.15, -0.1) is 0 Å². The lowest BCUT2D eigenvalue weighted by molar-refractivity contribution is -0.167. The molecule has 0 aromatic rings. The number of unbranched alkanes of at least 4 members (excludes halogenated alkanes) is 20. The first-order valence-electron chi connectivity index (χ1n) is 26.7. The monoisotopic (exact) mass is 903 g/mol. The highest BCUT2D eigenvalue weighted by atomic mass is 16.6. The van der Waals surface area contributed by atoms with Crippen LogP contribution in [0.3, 0.4) is 0 Å². The molecule has 1 unspecified atom stereocenters. The molecular weight excluding hydrogens is 805 g/mol. The molecule has 0 fully saturated rings. The van der Waals surface area contributed by atoms with Gasteiger partial charge in [-0.2, -0.15) is 0 Å². The van der Waals surface area contributed by atoms with Crippen LogP contribution in [0.4, 0.5) is 0 Å². The fourth-order valence-corrected chi connectivity index (χ4v) is 7.01. The molecule has 0 aromatic carbocycles. The Labute approximate surface area is 400 Å². The van der Waals surface area contributed by atoms with Gasteiger partial charge in [0.15, 0.2) is 6.10 Å². The minimum Gasteiger partial charge on any atom is -0.462 e. The number of ether oxygens (including phenoxy) is 3. The Morgan fingerprint density at radius 2 is 0.569 bits per heavy atom. The van der Waals surface area contributed by atoms with Gasteiger partial charge in [-0.25, -0.2) is 0 Å². The van der Waals surface area contributed by atoms with Crippen LogP contribution < -0.4 is 0 Å². The molecule has 0 aliphatic rings. The van der Waals surface area contributed by atoms with Crippen LogP contribution in [0.15, 0.2) is 97.2 Å². The third kappa shape index (κ3) is 51.2. The maximum absolute atomic E-state index is 12.8. The molecule has 65 heavy (non-hydrogen) atoms. The van der Waals surface area contributed by atoms with Crippen LogP contribution >= 0.6 is 0 Å². The predicted octanol–water partition coefficient (Wildman–Crippen LogP) is 17.8. The lowest BCUT2D eigenvalue weighted by Crippen LogP contribution is -2.30. The second kappa shape index (κ2) is 52.9. The highest BCUT2D eigenvalue weighted by Gasteiger charge is 2.19. The average molecular weight is 903 g/mol. The summed E-state index contributed by atoms with van der Waals surface area (Å²) in [6.07, 6.45) is 69.7. The highest BCUT2D eigenvalue weighted by Crippen LogP contribution is 2.14. The second-order valence-electron chi connectivity index (χ2n) is 17.4. The van der Waals surface area contributed by atoms with Gasteiger partial charge in [0.05, 0.1) is 0 Å². The Balaban J connectivity index is 4.57. The van der Waals surface area contributed by atoms with E-state index in [9.17, 15) is 14.4 Å². The van der Waals surface area contributed by atoms with Crippen molar-refractivity contribution in [3.8, 4) is 0 Å². The van der Waals surface area contributed by atoms with E-state index >= 15 is 0 Å². The van der Waals surface area contributed by atoms with E-state index in [4.69, 9.17) is 14.2 Å². The van der Waals surface area contributed by atoms with E-state index in [1.54, 1.807) is 0 Å². The molecule has 0 aliphatic heterocycles. The normalized spacial score (nSPS) is 12.8. The Morgan fingerprint density at radius 3 is 0.923 bits per heavy atom. The predicted molar refractivity (Wildman–Crippen MR) is 279 cm³/mol. The molecule has 0 rings (SSSR count). The van der Waals surface area contributed by atoms with Crippen LogP contribution in [-0.2, 0) is 28.6 Å². The van der Waals surface area contributed by atoms with Crippen LogP contribution in [0, 0.1) is 0 Å². The van der Waals surface area contributed by atoms with Gasteiger partial charge in [0.25, 0.3) is 0 Å². The molecule has 0 radical (unpaired) electrons. The number of hydrogen-bond acceptors (Lipinski definition) is 6. The van der Waals surface area contributed by atoms with Crippen molar-refractivity contribution in [3.63, 3.8) is 0 Å². The average Bonchev–Trinajstić information content (AvgIpc) is 3.30. The van der Waals surface area contributed by atoms with Crippen molar-refractivity contribution in [2.24, 2.45) is 0 Å². The van der Waals surface area contributed by atoms with Gasteiger partial charge < -0.3 is 14.2 Å². The summed E-state index contributed by atoms with van der Waals surface area (Å²) in [6, 6.07) is 0. The van der Waals surface area contributed by atoms with Gasteiger partial charge in [0, 0.05) is 19.3 Å². The molecule has 0 N–H and O–H groups in total. The first-order chi connectivity index (χ1) is 32.0. The quantitative estimate of drug-likeness (QED) is 0.0262. The van der Waals surface area contributed by atoms with Crippen LogP contribution in [0.5, 0.6) is 0 Å². The summed E-state index contributed by atoms with van der Waals surface area (Å²) in [4.78, 5) is 38.0. The molecule has 6 nitrogen and oxygen atoms in total. The van der Waals surface area contributed by atoms with E-state index in [-0.39, 0.29) is 44.0 Å². The van der Waals surface area contributed by atoms with Crippen LogP contribution in [0.2, 0.25) is 0 Å². The first kappa shape index (κ1) is 61.3. The standard InChI is InChI=1S/C59H98O6/c1-4-7-10-13-16-19-22-25-27-29-31-34-37-40-43-46-49-52-58(61)64-55-56(54-63-57(60)51-48-45-42-39-36-33-24-21-18-15-12-9-6-3)65-59(62)53-50-47-44-41-38-35-32-30-28-26-23-20-17-14-11-8-5-2/h16-17,19-20,25-28,31-32,34-35,40-41,43-44,56H,4-15,18,21-24,29-30,33,36-39,42,45-55H2,1-3H3. The minimum atomic E-state index is -0.827. The Hall–Kier alpha value is -3.67. The zero-order valence-corrected chi connectivity index (χ0v) is 42.2. The maximum Gasteiger partial charge on any atom is 0.306 e. The summed E-state index contributed by atoms with van der Waals surface area (Å²) in [5.74, 6) is -1.03. The first-order valence-corrected chi connectivity index (χ1v) is 26.7. The van der Waals surface area contributed by atoms with Gasteiger partial charge in [-0.3, -0.25) is 14.4 Å². The van der Waals surface area contributed by atoms with E-state index in [0.29, 0.717) is 19.3 Å². The fraction of sp³-hybridized carbons (Fsp3) is 0.678. The molecule has 0 saturated heterocycles. The van der Waals surface area contributed by atoms with Crippen molar-refractivity contribution in [1.29, 1.82) is 0 Å². The highest BCUT2D eigenvalue weighted by molar-refractivity contribution is 5.71. The van der Waals surface area contributed by atoms with Crippen molar-refractivity contribution < 1.29 is 28.6 Å². The van der Waals surface area contributed by atoms with Gasteiger partial charge in [0.2, 0.25) is 0 Å². The maximum atomic E-state index is 12.8.